The first kappa shape index (κ1) is 21.0. The van der Waals surface area contributed by atoms with Crippen molar-refractivity contribution in [3.05, 3.63) is 64.2 Å². The van der Waals surface area contributed by atoms with Crippen molar-refractivity contribution < 1.29 is 13.2 Å². The minimum atomic E-state index is -3.59. The Morgan fingerprint density at radius 3 is 2.11 bits per heavy atom. The fourth-order valence-electron chi connectivity index (χ4n) is 3.30. The zero-order chi connectivity index (χ0) is 20.4. The number of benzene rings is 2. The monoisotopic (exact) mass is 388 g/mol. The number of hydrogen-bond donors (Lipinski definition) is 1. The van der Waals surface area contributed by atoms with Gasteiger partial charge in [-0.15, -0.1) is 0 Å². The number of nitrogens with one attached hydrogen (secondary N) is 1. The van der Waals surface area contributed by atoms with Crippen molar-refractivity contribution in [2.75, 3.05) is 17.1 Å². The Balaban J connectivity index is 2.21. The summed E-state index contributed by atoms with van der Waals surface area (Å²) in [5.41, 5.74) is 5.67. The highest BCUT2D eigenvalue weighted by Gasteiger charge is 2.22. The molecular formula is C21H28N2O3S. The third kappa shape index (κ3) is 5.57. The van der Waals surface area contributed by atoms with Crippen LogP contribution in [0.5, 0.6) is 0 Å². The molecule has 0 bridgehead atoms. The SMILES string of the molecule is Cc1cc(C)cc(N(CC(=O)N[C@H](C)c2ccc(C)cc2C)S(C)(=O)=O)c1. The van der Waals surface area contributed by atoms with E-state index in [0.717, 1.165) is 38.4 Å². The molecular weight excluding hydrogens is 360 g/mol. The van der Waals surface area contributed by atoms with Gasteiger partial charge in [-0.3, -0.25) is 9.10 Å². The summed E-state index contributed by atoms with van der Waals surface area (Å²) in [6.45, 7) is 9.48. The summed E-state index contributed by atoms with van der Waals surface area (Å²) in [5, 5.41) is 2.91. The number of rotatable bonds is 6. The van der Waals surface area contributed by atoms with E-state index in [1.54, 1.807) is 12.1 Å². The van der Waals surface area contributed by atoms with E-state index >= 15 is 0 Å². The molecule has 27 heavy (non-hydrogen) atoms. The van der Waals surface area contributed by atoms with Crippen LogP contribution >= 0.6 is 0 Å². The molecule has 0 unspecified atom stereocenters. The van der Waals surface area contributed by atoms with Crippen LogP contribution in [-0.2, 0) is 14.8 Å². The number of hydrogen-bond acceptors (Lipinski definition) is 3. The molecule has 0 heterocycles. The number of amides is 1. The van der Waals surface area contributed by atoms with Crippen molar-refractivity contribution in [2.24, 2.45) is 0 Å². The molecule has 1 amide bonds. The molecule has 2 aromatic carbocycles. The molecule has 0 aliphatic heterocycles. The van der Waals surface area contributed by atoms with Crippen molar-refractivity contribution in [3.8, 4) is 0 Å². The van der Waals surface area contributed by atoms with Gasteiger partial charge in [0.2, 0.25) is 15.9 Å². The van der Waals surface area contributed by atoms with Crippen LogP contribution in [-0.4, -0.2) is 27.1 Å². The lowest BCUT2D eigenvalue weighted by atomic mass is 10.0. The van der Waals surface area contributed by atoms with Gasteiger partial charge in [0.15, 0.2) is 0 Å². The summed E-state index contributed by atoms with van der Waals surface area (Å²) in [4.78, 5) is 12.6. The lowest BCUT2D eigenvalue weighted by molar-refractivity contribution is -0.120. The number of carbonyl (C=O) groups excluding carboxylic acids is 1. The first-order valence-corrected chi connectivity index (χ1v) is 10.7. The minimum Gasteiger partial charge on any atom is -0.348 e. The van der Waals surface area contributed by atoms with Crippen LogP contribution in [0.1, 0.15) is 40.8 Å². The Hall–Kier alpha value is -2.34. The summed E-state index contributed by atoms with van der Waals surface area (Å²) >= 11 is 0. The maximum atomic E-state index is 12.6. The van der Waals surface area contributed by atoms with Gasteiger partial charge in [-0.1, -0.05) is 29.8 Å². The fraction of sp³-hybridized carbons (Fsp3) is 0.381. The third-order valence-electron chi connectivity index (χ3n) is 4.45. The van der Waals surface area contributed by atoms with Crippen LogP contribution in [0.15, 0.2) is 36.4 Å². The van der Waals surface area contributed by atoms with Gasteiger partial charge in [0, 0.05) is 0 Å². The van der Waals surface area contributed by atoms with E-state index in [9.17, 15) is 13.2 Å². The third-order valence-corrected chi connectivity index (χ3v) is 5.59. The Morgan fingerprint density at radius 2 is 1.59 bits per heavy atom. The highest BCUT2D eigenvalue weighted by atomic mass is 32.2. The zero-order valence-electron chi connectivity index (χ0n) is 16.8. The second kappa shape index (κ2) is 8.13. The van der Waals surface area contributed by atoms with Gasteiger partial charge in [0.1, 0.15) is 6.54 Å². The first-order valence-electron chi connectivity index (χ1n) is 8.90. The smallest absolute Gasteiger partial charge is 0.241 e. The van der Waals surface area contributed by atoms with Crippen molar-refractivity contribution in [1.29, 1.82) is 0 Å². The van der Waals surface area contributed by atoms with Crippen molar-refractivity contribution in [1.82, 2.24) is 5.32 Å². The second-order valence-electron chi connectivity index (χ2n) is 7.26. The van der Waals surface area contributed by atoms with Crippen LogP contribution in [0.4, 0.5) is 5.69 Å². The predicted octanol–water partition coefficient (Wildman–Crippen LogP) is 3.56. The Labute approximate surface area is 162 Å². The van der Waals surface area contributed by atoms with Crippen molar-refractivity contribution in [3.63, 3.8) is 0 Å². The predicted molar refractivity (Wildman–Crippen MR) is 111 cm³/mol. The summed E-state index contributed by atoms with van der Waals surface area (Å²) in [7, 11) is -3.59. The van der Waals surface area contributed by atoms with E-state index in [2.05, 4.69) is 11.4 Å². The average Bonchev–Trinajstić information content (AvgIpc) is 2.50. The maximum absolute atomic E-state index is 12.6. The Morgan fingerprint density at radius 1 is 1.00 bits per heavy atom. The van der Waals surface area contributed by atoms with Crippen LogP contribution in [0, 0.1) is 27.7 Å². The van der Waals surface area contributed by atoms with Gasteiger partial charge in [-0.2, -0.15) is 0 Å². The lowest BCUT2D eigenvalue weighted by Crippen LogP contribution is -2.41. The van der Waals surface area contributed by atoms with E-state index in [0.29, 0.717) is 5.69 Å². The second-order valence-corrected chi connectivity index (χ2v) is 9.17. The van der Waals surface area contributed by atoms with E-state index < -0.39 is 10.0 Å². The van der Waals surface area contributed by atoms with Crippen LogP contribution in [0.3, 0.4) is 0 Å². The number of carbonyl (C=O) groups is 1. The highest BCUT2D eigenvalue weighted by Crippen LogP contribution is 2.22. The normalized spacial score (nSPS) is 12.5. The number of sulfonamides is 1. The summed E-state index contributed by atoms with van der Waals surface area (Å²) in [5.74, 6) is -0.341. The van der Waals surface area contributed by atoms with E-state index in [1.165, 1.54) is 0 Å². The summed E-state index contributed by atoms with van der Waals surface area (Å²) in [6.07, 6.45) is 1.12. The van der Waals surface area contributed by atoms with Gasteiger partial charge in [0.05, 0.1) is 18.0 Å². The number of anilines is 1. The molecule has 0 aliphatic rings. The molecule has 1 atom stereocenters. The van der Waals surface area contributed by atoms with Gasteiger partial charge in [0.25, 0.3) is 0 Å². The van der Waals surface area contributed by atoms with Crippen LogP contribution < -0.4 is 9.62 Å². The molecule has 6 heteroatoms. The zero-order valence-corrected chi connectivity index (χ0v) is 17.6. The molecule has 0 aromatic heterocycles. The molecule has 0 saturated heterocycles. The van der Waals surface area contributed by atoms with Crippen molar-refractivity contribution >= 4 is 21.6 Å². The Kier molecular flexibility index (Phi) is 6.31. The molecule has 0 spiro atoms. The maximum Gasteiger partial charge on any atom is 0.241 e. The standard InChI is InChI=1S/C21H28N2O3S/c1-14-7-8-20(17(4)10-14)18(5)22-21(24)13-23(27(6,25)26)19-11-15(2)9-16(3)12-19/h7-12,18H,13H2,1-6H3,(H,22,24)/t18-/m1/s1. The van der Waals surface area contributed by atoms with Crippen LogP contribution in [0.25, 0.3) is 0 Å². The van der Waals surface area contributed by atoms with Gasteiger partial charge >= 0.3 is 0 Å². The molecule has 2 aromatic rings. The average molecular weight is 389 g/mol. The Bertz CT molecular complexity index is 932. The fourth-order valence-corrected chi connectivity index (χ4v) is 4.14. The molecule has 0 saturated carbocycles. The van der Waals surface area contributed by atoms with E-state index in [-0.39, 0.29) is 18.5 Å². The summed E-state index contributed by atoms with van der Waals surface area (Å²) < 4.78 is 25.7. The molecule has 146 valence electrons. The van der Waals surface area contributed by atoms with E-state index in [4.69, 9.17) is 0 Å². The summed E-state index contributed by atoms with van der Waals surface area (Å²) in [6, 6.07) is 11.4. The lowest BCUT2D eigenvalue weighted by Gasteiger charge is -2.24. The quantitative estimate of drug-likeness (QED) is 0.823. The van der Waals surface area contributed by atoms with E-state index in [1.807, 2.05) is 52.8 Å². The molecule has 1 N–H and O–H groups in total. The first-order chi connectivity index (χ1) is 12.5. The molecule has 2 rings (SSSR count). The van der Waals surface area contributed by atoms with Gasteiger partial charge < -0.3 is 5.32 Å². The molecule has 5 nitrogen and oxygen atoms in total. The van der Waals surface area contributed by atoms with Crippen molar-refractivity contribution in [2.45, 2.75) is 40.7 Å². The molecule has 0 radical (unpaired) electrons. The van der Waals surface area contributed by atoms with Gasteiger partial charge in [-0.05, 0) is 69.0 Å². The minimum absolute atomic E-state index is 0.209. The highest BCUT2D eigenvalue weighted by molar-refractivity contribution is 7.92. The molecule has 0 aliphatic carbocycles. The van der Waals surface area contributed by atoms with Crippen LogP contribution in [0.2, 0.25) is 0 Å². The topological polar surface area (TPSA) is 66.5 Å². The van der Waals surface area contributed by atoms with Gasteiger partial charge in [-0.25, -0.2) is 8.42 Å². The molecule has 0 fully saturated rings. The number of aryl methyl sites for hydroxylation is 4. The number of nitrogens with zero attached hydrogens (tertiary/aromatic N) is 1. The largest absolute Gasteiger partial charge is 0.348 e.